The number of para-hydroxylation sites is 1. The molecule has 1 saturated heterocycles. The average molecular weight is 441 g/mol. The molecular weight excluding hydrogens is 412 g/mol. The lowest BCUT2D eigenvalue weighted by Gasteiger charge is -2.25. The van der Waals surface area contributed by atoms with Gasteiger partial charge < -0.3 is 19.9 Å². The van der Waals surface area contributed by atoms with Crippen LogP contribution in [0.3, 0.4) is 0 Å². The highest BCUT2D eigenvalue weighted by Crippen LogP contribution is 2.39. The number of nitrogens with one attached hydrogen (secondary N) is 1. The quantitative estimate of drug-likeness (QED) is 0.526. The van der Waals surface area contributed by atoms with Gasteiger partial charge in [-0.1, -0.05) is 35.9 Å². The Labute approximate surface area is 194 Å². The van der Waals surface area contributed by atoms with E-state index in [1.807, 2.05) is 53.4 Å². The van der Waals surface area contributed by atoms with E-state index < -0.39 is 0 Å². The molecule has 33 heavy (non-hydrogen) atoms. The monoisotopic (exact) mass is 440 g/mol. The van der Waals surface area contributed by atoms with Crippen molar-refractivity contribution in [3.8, 4) is 11.5 Å². The molecule has 0 unspecified atom stereocenters. The van der Waals surface area contributed by atoms with Crippen molar-refractivity contribution in [3.63, 3.8) is 0 Å². The number of anilines is 1. The van der Waals surface area contributed by atoms with Crippen LogP contribution in [-0.2, 0) is 0 Å². The van der Waals surface area contributed by atoms with E-state index in [0.717, 1.165) is 58.4 Å². The first-order valence-corrected chi connectivity index (χ1v) is 11.4. The topological polar surface area (TPSA) is 57.2 Å². The largest absolute Gasteiger partial charge is 0.454 e. The number of fused-ring (bicyclic) bond motifs is 2. The molecule has 168 valence electrons. The van der Waals surface area contributed by atoms with Crippen LogP contribution in [0.15, 0.2) is 71.7 Å². The number of rotatable bonds is 1. The number of aryl methyl sites for hydroxylation is 2. The maximum absolute atomic E-state index is 12.8. The molecule has 6 heteroatoms. The molecule has 2 aliphatic rings. The molecule has 0 saturated carbocycles. The standard InChI is InChI=1S/C27H28N4O2/c1-19-10-12-24-22(17-19)26(29-23-11-9-20(2)18-25(23)33-24)30-13-6-14-31(16-15-30)27(32)28-21-7-4-3-5-8-21/h3-5,7-12,17-18H,6,13-16H2,1-2H3,(H,28,32). The molecule has 0 aliphatic carbocycles. The second kappa shape index (κ2) is 8.98. The summed E-state index contributed by atoms with van der Waals surface area (Å²) in [5, 5.41) is 3.00. The van der Waals surface area contributed by atoms with E-state index in [1.165, 1.54) is 0 Å². The zero-order valence-corrected chi connectivity index (χ0v) is 19.0. The van der Waals surface area contributed by atoms with Crippen molar-refractivity contribution in [3.05, 3.63) is 83.4 Å². The molecular formula is C27H28N4O2. The maximum atomic E-state index is 12.8. The molecule has 2 amide bonds. The van der Waals surface area contributed by atoms with Gasteiger partial charge in [-0.2, -0.15) is 0 Å². The molecule has 2 aliphatic heterocycles. The van der Waals surface area contributed by atoms with Gasteiger partial charge >= 0.3 is 6.03 Å². The third-order valence-corrected chi connectivity index (χ3v) is 6.05. The predicted molar refractivity (Wildman–Crippen MR) is 132 cm³/mol. The first-order valence-electron chi connectivity index (χ1n) is 11.4. The van der Waals surface area contributed by atoms with Gasteiger partial charge in [0.15, 0.2) is 5.75 Å². The van der Waals surface area contributed by atoms with Crippen molar-refractivity contribution in [2.24, 2.45) is 4.99 Å². The number of nitrogens with zero attached hydrogens (tertiary/aromatic N) is 3. The predicted octanol–water partition coefficient (Wildman–Crippen LogP) is 5.73. The maximum Gasteiger partial charge on any atom is 0.321 e. The Kier molecular flexibility index (Phi) is 5.73. The number of carbonyl (C=O) groups is 1. The molecule has 1 fully saturated rings. The Morgan fingerprint density at radius 3 is 2.52 bits per heavy atom. The fourth-order valence-electron chi connectivity index (χ4n) is 4.29. The number of hydrogen-bond acceptors (Lipinski definition) is 4. The van der Waals surface area contributed by atoms with Gasteiger partial charge in [0.1, 0.15) is 17.3 Å². The number of carbonyl (C=O) groups excluding carboxylic acids is 1. The number of amidine groups is 1. The van der Waals surface area contributed by atoms with Crippen molar-refractivity contribution in [2.75, 3.05) is 31.5 Å². The molecule has 3 aromatic rings. The van der Waals surface area contributed by atoms with Crippen LogP contribution in [0.1, 0.15) is 23.1 Å². The summed E-state index contributed by atoms with van der Waals surface area (Å²) >= 11 is 0. The summed E-state index contributed by atoms with van der Waals surface area (Å²) in [6.45, 7) is 6.99. The van der Waals surface area contributed by atoms with Crippen LogP contribution in [0.25, 0.3) is 0 Å². The van der Waals surface area contributed by atoms with Crippen LogP contribution >= 0.6 is 0 Å². The zero-order chi connectivity index (χ0) is 22.8. The molecule has 0 aromatic heterocycles. The average Bonchev–Trinajstić information content (AvgIpc) is 3.14. The normalized spacial score (nSPS) is 15.4. The van der Waals surface area contributed by atoms with E-state index in [1.54, 1.807) is 0 Å². The van der Waals surface area contributed by atoms with Crippen LogP contribution in [0, 0.1) is 13.8 Å². The van der Waals surface area contributed by atoms with Crippen molar-refractivity contribution < 1.29 is 9.53 Å². The highest BCUT2D eigenvalue weighted by molar-refractivity contribution is 6.04. The molecule has 0 bridgehead atoms. The van der Waals surface area contributed by atoms with E-state index in [9.17, 15) is 4.79 Å². The summed E-state index contributed by atoms with van der Waals surface area (Å²) < 4.78 is 6.30. The van der Waals surface area contributed by atoms with Crippen LogP contribution in [-0.4, -0.2) is 47.8 Å². The van der Waals surface area contributed by atoms with Gasteiger partial charge in [-0.15, -0.1) is 0 Å². The number of aliphatic imine (C=N–C) groups is 1. The van der Waals surface area contributed by atoms with Gasteiger partial charge in [-0.25, -0.2) is 9.79 Å². The van der Waals surface area contributed by atoms with Crippen LogP contribution < -0.4 is 10.1 Å². The fraction of sp³-hybridized carbons (Fsp3) is 0.259. The molecule has 1 N–H and O–H groups in total. The Morgan fingerprint density at radius 1 is 0.879 bits per heavy atom. The summed E-state index contributed by atoms with van der Waals surface area (Å²) in [5.74, 6) is 2.49. The summed E-state index contributed by atoms with van der Waals surface area (Å²) in [5.41, 5.74) is 4.92. The van der Waals surface area contributed by atoms with Gasteiger partial charge in [0.05, 0.1) is 5.56 Å². The zero-order valence-electron chi connectivity index (χ0n) is 19.0. The Morgan fingerprint density at radius 2 is 1.67 bits per heavy atom. The van der Waals surface area contributed by atoms with Crippen molar-refractivity contribution in [2.45, 2.75) is 20.3 Å². The number of ether oxygens (including phenoxy) is 1. The van der Waals surface area contributed by atoms with E-state index in [-0.39, 0.29) is 6.03 Å². The Balaban J connectivity index is 1.41. The lowest BCUT2D eigenvalue weighted by molar-refractivity contribution is 0.214. The van der Waals surface area contributed by atoms with Crippen LogP contribution in [0.2, 0.25) is 0 Å². The SMILES string of the molecule is Cc1ccc2c(c1)Oc1ccc(C)cc1C(N1CCCN(C(=O)Nc3ccccc3)CC1)=N2. The van der Waals surface area contributed by atoms with Gasteiger partial charge in [0, 0.05) is 31.9 Å². The Bertz CT molecular complexity index is 1210. The van der Waals surface area contributed by atoms with E-state index in [2.05, 4.69) is 42.3 Å². The minimum atomic E-state index is -0.0637. The summed E-state index contributed by atoms with van der Waals surface area (Å²) in [6, 6.07) is 21.9. The smallest absolute Gasteiger partial charge is 0.321 e. The van der Waals surface area contributed by atoms with Crippen molar-refractivity contribution in [1.29, 1.82) is 0 Å². The van der Waals surface area contributed by atoms with Crippen LogP contribution in [0.4, 0.5) is 16.2 Å². The third kappa shape index (κ3) is 4.55. The van der Waals surface area contributed by atoms with Gasteiger partial charge in [0.25, 0.3) is 0 Å². The summed E-state index contributed by atoms with van der Waals surface area (Å²) in [6.07, 6.45) is 0.865. The minimum absolute atomic E-state index is 0.0637. The summed E-state index contributed by atoms with van der Waals surface area (Å²) in [7, 11) is 0. The second-order valence-corrected chi connectivity index (χ2v) is 8.63. The molecule has 6 nitrogen and oxygen atoms in total. The van der Waals surface area contributed by atoms with Gasteiger partial charge in [0.2, 0.25) is 0 Å². The molecule has 0 spiro atoms. The number of amides is 2. The van der Waals surface area contributed by atoms with Crippen molar-refractivity contribution in [1.82, 2.24) is 9.80 Å². The highest BCUT2D eigenvalue weighted by Gasteiger charge is 2.26. The van der Waals surface area contributed by atoms with E-state index in [0.29, 0.717) is 19.6 Å². The number of hydrogen-bond donors (Lipinski definition) is 1. The molecule has 3 aromatic carbocycles. The molecule has 5 rings (SSSR count). The first kappa shape index (κ1) is 21.1. The number of benzene rings is 3. The third-order valence-electron chi connectivity index (χ3n) is 6.05. The lowest BCUT2D eigenvalue weighted by atomic mass is 10.1. The number of urea groups is 1. The Hall–Kier alpha value is -3.80. The highest BCUT2D eigenvalue weighted by atomic mass is 16.5. The van der Waals surface area contributed by atoms with E-state index >= 15 is 0 Å². The second-order valence-electron chi connectivity index (χ2n) is 8.63. The molecule has 2 heterocycles. The summed E-state index contributed by atoms with van der Waals surface area (Å²) in [4.78, 5) is 22.1. The van der Waals surface area contributed by atoms with Gasteiger partial charge in [-0.05, 0) is 62.2 Å². The molecule has 0 radical (unpaired) electrons. The van der Waals surface area contributed by atoms with Gasteiger partial charge in [-0.3, -0.25) is 0 Å². The molecule has 0 atom stereocenters. The van der Waals surface area contributed by atoms with Crippen LogP contribution in [0.5, 0.6) is 11.5 Å². The van der Waals surface area contributed by atoms with E-state index in [4.69, 9.17) is 9.73 Å². The minimum Gasteiger partial charge on any atom is -0.454 e. The fourth-order valence-corrected chi connectivity index (χ4v) is 4.29. The van der Waals surface area contributed by atoms with Crippen molar-refractivity contribution >= 4 is 23.2 Å². The first-order chi connectivity index (χ1) is 16.1. The lowest BCUT2D eigenvalue weighted by Crippen LogP contribution is -2.39.